The minimum atomic E-state index is -0.330. The number of esters is 1. The van der Waals surface area contributed by atoms with Crippen molar-refractivity contribution in [1.82, 2.24) is 0 Å². The van der Waals surface area contributed by atoms with E-state index in [0.29, 0.717) is 18.7 Å². The average Bonchev–Trinajstić information content (AvgIpc) is 2.00. The Labute approximate surface area is 79.2 Å². The zero-order valence-electron chi connectivity index (χ0n) is 8.02. The van der Waals surface area contributed by atoms with Gasteiger partial charge in [0.1, 0.15) is 5.60 Å². The van der Waals surface area contributed by atoms with Crippen LogP contribution in [0.25, 0.3) is 0 Å². The minimum absolute atomic E-state index is 0.150. The Hall–Kier alpha value is -0.240. The molecule has 0 aromatic heterocycles. The molecule has 2 nitrogen and oxygen atoms in total. The van der Waals surface area contributed by atoms with Gasteiger partial charge >= 0.3 is 5.97 Å². The fourth-order valence-electron chi connectivity index (χ4n) is 0.643. The van der Waals surface area contributed by atoms with Crippen LogP contribution in [-0.4, -0.2) is 17.5 Å². The Kier molecular flexibility index (Phi) is 5.31. The van der Waals surface area contributed by atoms with Gasteiger partial charge in [0.25, 0.3) is 0 Å². The van der Waals surface area contributed by atoms with Crippen LogP contribution >= 0.6 is 11.6 Å². The molecule has 12 heavy (non-hydrogen) atoms. The first-order chi connectivity index (χ1) is 5.52. The quantitative estimate of drug-likeness (QED) is 0.495. The smallest absolute Gasteiger partial charge is 0.306 e. The zero-order chi connectivity index (χ0) is 9.61. The molecule has 0 aromatic carbocycles. The highest BCUT2D eigenvalue weighted by molar-refractivity contribution is 6.17. The van der Waals surface area contributed by atoms with Crippen LogP contribution in [0.5, 0.6) is 0 Å². The molecule has 0 heterocycles. The van der Waals surface area contributed by atoms with E-state index in [-0.39, 0.29) is 11.6 Å². The molecule has 0 unspecified atom stereocenters. The number of hydrogen-bond donors (Lipinski definition) is 0. The second kappa shape index (κ2) is 5.41. The summed E-state index contributed by atoms with van der Waals surface area (Å²) in [5.41, 5.74) is -0.330. The van der Waals surface area contributed by atoms with Gasteiger partial charge in [-0.25, -0.2) is 0 Å². The number of halogens is 1. The van der Waals surface area contributed by atoms with Gasteiger partial charge in [-0.3, -0.25) is 4.79 Å². The molecule has 0 spiro atoms. The number of hydrogen-bond acceptors (Lipinski definition) is 2. The molecule has 72 valence electrons. The van der Waals surface area contributed by atoms with E-state index >= 15 is 0 Å². The van der Waals surface area contributed by atoms with Crippen molar-refractivity contribution in [3.8, 4) is 0 Å². The molecule has 0 amide bonds. The van der Waals surface area contributed by atoms with Gasteiger partial charge in [-0.05, 0) is 26.7 Å². The van der Waals surface area contributed by atoms with E-state index in [4.69, 9.17) is 16.3 Å². The summed E-state index contributed by atoms with van der Waals surface area (Å²) >= 11 is 5.44. The molecule has 0 N–H and O–H groups in total. The molecule has 0 aromatic rings. The van der Waals surface area contributed by atoms with Gasteiger partial charge in [0.2, 0.25) is 0 Å². The summed E-state index contributed by atoms with van der Waals surface area (Å²) in [5, 5.41) is 0. The van der Waals surface area contributed by atoms with Crippen molar-refractivity contribution in [2.45, 2.75) is 45.6 Å². The molecule has 0 fully saturated rings. The van der Waals surface area contributed by atoms with Crippen molar-refractivity contribution in [3.05, 3.63) is 0 Å². The number of alkyl halides is 1. The molecule has 0 rings (SSSR count). The summed E-state index contributed by atoms with van der Waals surface area (Å²) in [7, 11) is 0. The second-order valence-corrected chi connectivity index (χ2v) is 3.76. The Morgan fingerprint density at radius 1 is 1.50 bits per heavy atom. The second-order valence-electron chi connectivity index (χ2n) is 3.38. The maximum Gasteiger partial charge on any atom is 0.306 e. The predicted molar refractivity (Wildman–Crippen MR) is 50.4 cm³/mol. The lowest BCUT2D eigenvalue weighted by molar-refractivity contribution is -0.156. The number of rotatable bonds is 5. The first kappa shape index (κ1) is 11.8. The number of carbonyl (C=O) groups excluding carboxylic acids is 1. The van der Waals surface area contributed by atoms with Crippen LogP contribution in [0.4, 0.5) is 0 Å². The minimum Gasteiger partial charge on any atom is -0.460 e. The van der Waals surface area contributed by atoms with Gasteiger partial charge in [-0.2, -0.15) is 0 Å². The Balaban J connectivity index is 3.68. The largest absolute Gasteiger partial charge is 0.460 e. The van der Waals surface area contributed by atoms with Crippen LogP contribution in [0.3, 0.4) is 0 Å². The summed E-state index contributed by atoms with van der Waals surface area (Å²) in [6, 6.07) is 0. The number of ether oxygens (including phenoxy) is 1. The van der Waals surface area contributed by atoms with Gasteiger partial charge in [0, 0.05) is 12.3 Å². The van der Waals surface area contributed by atoms with Crippen LogP contribution in [-0.2, 0) is 9.53 Å². The van der Waals surface area contributed by atoms with Gasteiger partial charge in [-0.1, -0.05) is 6.92 Å². The SMILES string of the molecule is CCC(C)(C)OC(=O)CCCCl. The summed E-state index contributed by atoms with van der Waals surface area (Å²) in [6.07, 6.45) is 1.95. The highest BCUT2D eigenvalue weighted by Crippen LogP contribution is 2.14. The molecule has 0 atom stereocenters. The topological polar surface area (TPSA) is 26.3 Å². The van der Waals surface area contributed by atoms with Crippen LogP contribution in [0.1, 0.15) is 40.0 Å². The van der Waals surface area contributed by atoms with Gasteiger partial charge in [0.15, 0.2) is 0 Å². The Morgan fingerprint density at radius 3 is 2.50 bits per heavy atom. The number of carbonyl (C=O) groups is 1. The van der Waals surface area contributed by atoms with Gasteiger partial charge in [0.05, 0.1) is 0 Å². The molecule has 0 saturated heterocycles. The molecule has 3 heteroatoms. The molecule has 0 aliphatic heterocycles. The lowest BCUT2D eigenvalue weighted by Gasteiger charge is -2.23. The summed E-state index contributed by atoms with van der Waals surface area (Å²) in [4.78, 5) is 11.1. The molecular formula is C9H17ClO2. The predicted octanol–water partition coefficient (Wildman–Crippen LogP) is 2.74. The van der Waals surface area contributed by atoms with Crippen molar-refractivity contribution >= 4 is 17.6 Å². The Bertz CT molecular complexity index is 143. The third-order valence-corrected chi connectivity index (χ3v) is 2.02. The third kappa shape index (κ3) is 5.42. The van der Waals surface area contributed by atoms with E-state index in [0.717, 1.165) is 6.42 Å². The van der Waals surface area contributed by atoms with Gasteiger partial charge < -0.3 is 4.74 Å². The van der Waals surface area contributed by atoms with Crippen molar-refractivity contribution in [2.24, 2.45) is 0 Å². The van der Waals surface area contributed by atoms with E-state index in [1.54, 1.807) is 0 Å². The van der Waals surface area contributed by atoms with Crippen LogP contribution in [0.15, 0.2) is 0 Å². The fourth-order valence-corrected chi connectivity index (χ4v) is 0.776. The van der Waals surface area contributed by atoms with Gasteiger partial charge in [-0.15, -0.1) is 11.6 Å². The standard InChI is InChI=1S/C9H17ClO2/c1-4-9(2,3)12-8(11)6-5-7-10/h4-7H2,1-3H3. The highest BCUT2D eigenvalue weighted by atomic mass is 35.5. The molecule has 0 radical (unpaired) electrons. The lowest BCUT2D eigenvalue weighted by atomic mass is 10.1. The highest BCUT2D eigenvalue weighted by Gasteiger charge is 2.19. The van der Waals surface area contributed by atoms with Crippen LogP contribution in [0.2, 0.25) is 0 Å². The summed E-state index contributed by atoms with van der Waals surface area (Å²) in [5.74, 6) is 0.365. The van der Waals surface area contributed by atoms with E-state index < -0.39 is 0 Å². The van der Waals surface area contributed by atoms with Crippen LogP contribution in [0, 0.1) is 0 Å². The Morgan fingerprint density at radius 2 is 2.08 bits per heavy atom. The molecular weight excluding hydrogens is 176 g/mol. The van der Waals surface area contributed by atoms with Crippen molar-refractivity contribution in [2.75, 3.05) is 5.88 Å². The van der Waals surface area contributed by atoms with E-state index in [2.05, 4.69) is 0 Å². The average molecular weight is 193 g/mol. The van der Waals surface area contributed by atoms with E-state index in [9.17, 15) is 4.79 Å². The maximum absolute atomic E-state index is 11.1. The van der Waals surface area contributed by atoms with Crippen molar-refractivity contribution in [3.63, 3.8) is 0 Å². The summed E-state index contributed by atoms with van der Waals surface area (Å²) < 4.78 is 5.19. The monoisotopic (exact) mass is 192 g/mol. The molecule has 0 bridgehead atoms. The zero-order valence-corrected chi connectivity index (χ0v) is 8.78. The first-order valence-corrected chi connectivity index (χ1v) is 4.83. The van der Waals surface area contributed by atoms with Crippen LogP contribution < -0.4 is 0 Å². The fraction of sp³-hybridized carbons (Fsp3) is 0.889. The first-order valence-electron chi connectivity index (χ1n) is 4.29. The summed E-state index contributed by atoms with van der Waals surface area (Å²) in [6.45, 7) is 5.81. The third-order valence-electron chi connectivity index (χ3n) is 1.76. The molecule has 0 aliphatic rings. The van der Waals surface area contributed by atoms with Crippen molar-refractivity contribution in [1.29, 1.82) is 0 Å². The lowest BCUT2D eigenvalue weighted by Crippen LogP contribution is -2.26. The normalized spacial score (nSPS) is 11.3. The molecule has 0 saturated carbocycles. The molecule has 0 aliphatic carbocycles. The maximum atomic E-state index is 11.1. The van der Waals surface area contributed by atoms with E-state index in [1.807, 2.05) is 20.8 Å². The van der Waals surface area contributed by atoms with E-state index in [1.165, 1.54) is 0 Å². The van der Waals surface area contributed by atoms with Crippen molar-refractivity contribution < 1.29 is 9.53 Å².